The number of piperazine rings is 1. The number of β-amino-alcohol motifs (C(OH)–C–C–N with tert-alkyl or cyclic N) is 1. The largest absolute Gasteiger partial charge is 0.454 e. The van der Waals surface area contributed by atoms with Crippen LogP contribution < -0.4 is 9.47 Å². The smallest absolute Gasteiger partial charge is 0.231 e. The maximum Gasteiger partial charge on any atom is 0.231 e. The van der Waals surface area contributed by atoms with Gasteiger partial charge < -0.3 is 19.3 Å². The quantitative estimate of drug-likeness (QED) is 0.625. The van der Waals surface area contributed by atoms with Crippen LogP contribution in [-0.2, 0) is 11.3 Å². The molecule has 1 saturated heterocycles. The molecule has 2 aliphatic heterocycles. The molecule has 2 saturated carbocycles. The van der Waals surface area contributed by atoms with E-state index in [1.807, 2.05) is 6.07 Å². The Balaban J connectivity index is 0.960. The number of ether oxygens (including phenoxy) is 3. The predicted octanol–water partition coefficient (Wildman–Crippen LogP) is 2.74. The number of rotatable bonds is 9. The van der Waals surface area contributed by atoms with E-state index in [-0.39, 0.29) is 6.10 Å². The lowest BCUT2D eigenvalue weighted by Gasteiger charge is -2.35. The molecule has 1 aromatic carbocycles. The van der Waals surface area contributed by atoms with Gasteiger partial charge in [-0.05, 0) is 61.1 Å². The van der Waals surface area contributed by atoms with E-state index < -0.39 is 0 Å². The number of aliphatic hydroxyl groups is 1. The summed E-state index contributed by atoms with van der Waals surface area (Å²) in [5.41, 5.74) is 1.26. The lowest BCUT2D eigenvalue weighted by atomic mass is 9.87. The molecule has 0 radical (unpaired) electrons. The van der Waals surface area contributed by atoms with Gasteiger partial charge in [0.25, 0.3) is 0 Å². The Morgan fingerprint density at radius 1 is 1.03 bits per heavy atom. The third-order valence-electron chi connectivity index (χ3n) is 7.60. The molecule has 3 fully saturated rings. The minimum Gasteiger partial charge on any atom is -0.454 e. The van der Waals surface area contributed by atoms with Gasteiger partial charge in [0.15, 0.2) is 11.5 Å². The van der Waals surface area contributed by atoms with Gasteiger partial charge in [-0.2, -0.15) is 0 Å². The van der Waals surface area contributed by atoms with Gasteiger partial charge >= 0.3 is 0 Å². The van der Waals surface area contributed by atoms with Crippen molar-refractivity contribution in [2.45, 2.75) is 44.8 Å². The van der Waals surface area contributed by atoms with E-state index in [1.54, 1.807) is 0 Å². The van der Waals surface area contributed by atoms with Gasteiger partial charge in [0.1, 0.15) is 0 Å². The van der Waals surface area contributed by atoms with Crippen LogP contribution in [0, 0.1) is 17.8 Å². The lowest BCUT2D eigenvalue weighted by molar-refractivity contribution is 0.00187. The van der Waals surface area contributed by atoms with Gasteiger partial charge in [-0.15, -0.1) is 0 Å². The summed E-state index contributed by atoms with van der Waals surface area (Å²) in [5.74, 6) is 4.57. The van der Waals surface area contributed by atoms with Crippen molar-refractivity contribution >= 4 is 0 Å². The zero-order valence-electron chi connectivity index (χ0n) is 18.0. The first-order valence-corrected chi connectivity index (χ1v) is 11.8. The summed E-state index contributed by atoms with van der Waals surface area (Å²) in [6.07, 6.45) is 6.60. The standard InChI is InChI=1S/C24H36N2O4/c27-22(16-28-10-5-21-12-18-1-3-20(21)11-18)15-26-8-6-25(7-9-26)14-19-2-4-23-24(13-19)30-17-29-23/h2,4,13,18,20-22,27H,1,3,5-12,14-17H2/t18-,20-,21-,22-/m1/s1. The number of benzene rings is 1. The molecule has 0 unspecified atom stereocenters. The zero-order chi connectivity index (χ0) is 20.3. The molecule has 166 valence electrons. The summed E-state index contributed by atoms with van der Waals surface area (Å²) in [6.45, 7) is 7.28. The molecule has 4 atom stereocenters. The van der Waals surface area contributed by atoms with Crippen LogP contribution in [0.25, 0.3) is 0 Å². The number of fused-ring (bicyclic) bond motifs is 3. The highest BCUT2D eigenvalue weighted by atomic mass is 16.7. The first kappa shape index (κ1) is 20.6. The zero-order valence-corrected chi connectivity index (χ0v) is 18.0. The highest BCUT2D eigenvalue weighted by Gasteiger charge is 2.38. The van der Waals surface area contributed by atoms with Crippen molar-refractivity contribution in [3.63, 3.8) is 0 Å². The third-order valence-corrected chi connectivity index (χ3v) is 7.60. The molecule has 1 aromatic rings. The van der Waals surface area contributed by atoms with Crippen molar-refractivity contribution in [3.05, 3.63) is 23.8 Å². The van der Waals surface area contributed by atoms with E-state index >= 15 is 0 Å². The molecule has 4 aliphatic rings. The molecular formula is C24H36N2O4. The van der Waals surface area contributed by atoms with Crippen molar-refractivity contribution in [1.29, 1.82) is 0 Å². The van der Waals surface area contributed by atoms with Crippen LogP contribution in [0.5, 0.6) is 11.5 Å². The monoisotopic (exact) mass is 416 g/mol. The van der Waals surface area contributed by atoms with Crippen molar-refractivity contribution < 1.29 is 19.3 Å². The maximum absolute atomic E-state index is 10.4. The molecule has 0 amide bonds. The minimum absolute atomic E-state index is 0.324. The van der Waals surface area contributed by atoms with Gasteiger partial charge in [-0.25, -0.2) is 0 Å². The highest BCUT2D eigenvalue weighted by molar-refractivity contribution is 5.44. The summed E-state index contributed by atoms with van der Waals surface area (Å²) in [5, 5.41) is 10.4. The summed E-state index contributed by atoms with van der Waals surface area (Å²) < 4.78 is 16.7. The fourth-order valence-corrected chi connectivity index (χ4v) is 5.96. The molecule has 0 aromatic heterocycles. The van der Waals surface area contributed by atoms with E-state index in [9.17, 15) is 5.11 Å². The molecule has 5 rings (SSSR count). The summed E-state index contributed by atoms with van der Waals surface area (Å²) in [4.78, 5) is 4.83. The Morgan fingerprint density at radius 2 is 1.87 bits per heavy atom. The first-order chi connectivity index (χ1) is 14.7. The van der Waals surface area contributed by atoms with Gasteiger partial charge in [0, 0.05) is 45.9 Å². The number of aliphatic hydroxyl groups excluding tert-OH is 1. The first-order valence-electron chi connectivity index (χ1n) is 11.8. The Hall–Kier alpha value is -1.34. The Morgan fingerprint density at radius 3 is 2.67 bits per heavy atom. The van der Waals surface area contributed by atoms with Crippen LogP contribution in [0.2, 0.25) is 0 Å². The fourth-order valence-electron chi connectivity index (χ4n) is 5.96. The maximum atomic E-state index is 10.4. The molecule has 0 spiro atoms. The average molecular weight is 417 g/mol. The number of hydrogen-bond acceptors (Lipinski definition) is 6. The SMILES string of the molecule is O[C@@H](COCC[C@@H]1C[C@@H]2CC[C@@H]1C2)CN1CCN(Cc2ccc3c(c2)OCO3)CC1. The summed E-state index contributed by atoms with van der Waals surface area (Å²) in [6, 6.07) is 6.21. The second kappa shape index (κ2) is 9.43. The minimum atomic E-state index is -0.384. The predicted molar refractivity (Wildman–Crippen MR) is 115 cm³/mol. The average Bonchev–Trinajstić information content (AvgIpc) is 3.49. The molecule has 2 aliphatic carbocycles. The van der Waals surface area contributed by atoms with Crippen LogP contribution in [0.3, 0.4) is 0 Å². The second-order valence-corrected chi connectivity index (χ2v) is 9.72. The Kier molecular flexibility index (Phi) is 6.46. The second-order valence-electron chi connectivity index (χ2n) is 9.72. The molecule has 2 heterocycles. The van der Waals surface area contributed by atoms with Crippen LogP contribution in [-0.4, -0.2) is 73.7 Å². The van der Waals surface area contributed by atoms with E-state index in [0.29, 0.717) is 19.9 Å². The molecule has 2 bridgehead atoms. The van der Waals surface area contributed by atoms with Gasteiger partial charge in [-0.3, -0.25) is 9.80 Å². The van der Waals surface area contributed by atoms with Crippen LogP contribution >= 0.6 is 0 Å². The highest BCUT2D eigenvalue weighted by Crippen LogP contribution is 2.49. The van der Waals surface area contributed by atoms with E-state index in [1.165, 1.54) is 37.7 Å². The molecule has 1 N–H and O–H groups in total. The topological polar surface area (TPSA) is 54.4 Å². The number of nitrogens with zero attached hydrogens (tertiary/aromatic N) is 2. The molecule has 6 nitrogen and oxygen atoms in total. The van der Waals surface area contributed by atoms with Gasteiger partial charge in [0.2, 0.25) is 6.79 Å². The van der Waals surface area contributed by atoms with Crippen molar-refractivity contribution in [3.8, 4) is 11.5 Å². The van der Waals surface area contributed by atoms with E-state index in [0.717, 1.165) is 68.6 Å². The third kappa shape index (κ3) is 4.93. The molecule has 30 heavy (non-hydrogen) atoms. The van der Waals surface area contributed by atoms with Crippen LogP contribution in [0.15, 0.2) is 18.2 Å². The van der Waals surface area contributed by atoms with E-state index in [4.69, 9.17) is 14.2 Å². The lowest BCUT2D eigenvalue weighted by Crippen LogP contribution is -2.48. The molecule has 6 heteroatoms. The fraction of sp³-hybridized carbons (Fsp3) is 0.750. The molecular weight excluding hydrogens is 380 g/mol. The van der Waals surface area contributed by atoms with Gasteiger partial charge in [0.05, 0.1) is 12.7 Å². The van der Waals surface area contributed by atoms with Crippen LogP contribution in [0.1, 0.15) is 37.7 Å². The Bertz CT molecular complexity index is 706. The summed E-state index contributed by atoms with van der Waals surface area (Å²) >= 11 is 0. The van der Waals surface area contributed by atoms with Crippen molar-refractivity contribution in [2.75, 3.05) is 52.7 Å². The van der Waals surface area contributed by atoms with Gasteiger partial charge in [-0.1, -0.05) is 12.5 Å². The Labute approximate surface area is 180 Å². The van der Waals surface area contributed by atoms with Crippen molar-refractivity contribution in [2.24, 2.45) is 17.8 Å². The normalized spacial score (nSPS) is 29.6. The van der Waals surface area contributed by atoms with Crippen LogP contribution in [0.4, 0.5) is 0 Å². The summed E-state index contributed by atoms with van der Waals surface area (Å²) in [7, 11) is 0. The number of hydrogen-bond donors (Lipinski definition) is 1. The van der Waals surface area contributed by atoms with Crippen molar-refractivity contribution in [1.82, 2.24) is 9.80 Å². The van der Waals surface area contributed by atoms with E-state index in [2.05, 4.69) is 21.9 Å².